The predicted molar refractivity (Wildman–Crippen MR) is 73.5 cm³/mol. The summed E-state index contributed by atoms with van der Waals surface area (Å²) in [5.41, 5.74) is 0.898. The first-order valence-electron chi connectivity index (χ1n) is 4.75. The molecule has 4 nitrogen and oxygen atoms in total. The van der Waals surface area contributed by atoms with Crippen molar-refractivity contribution < 1.29 is 13.2 Å². The monoisotopic (exact) mass is 361 g/mol. The zero-order valence-corrected chi connectivity index (χ0v) is 13.3. The molecule has 98 valence electrons. The molecule has 17 heavy (non-hydrogen) atoms. The fraction of sp³-hybridized carbons (Fsp3) is 0.556. The normalized spacial score (nSPS) is 13.9. The second-order valence-corrected chi connectivity index (χ2v) is 8.41. The van der Waals surface area contributed by atoms with Crippen LogP contribution in [0.3, 0.4) is 0 Å². The third-order valence-corrected chi connectivity index (χ3v) is 6.26. The van der Waals surface area contributed by atoms with E-state index in [9.17, 15) is 8.42 Å². The van der Waals surface area contributed by atoms with E-state index in [0.717, 1.165) is 9.35 Å². The number of aryl methyl sites for hydroxylation is 1. The van der Waals surface area contributed by atoms with Gasteiger partial charge in [0.1, 0.15) is 4.21 Å². The Hall–Kier alpha value is 0.340. The summed E-state index contributed by atoms with van der Waals surface area (Å²) in [4.78, 5) is 0. The van der Waals surface area contributed by atoms with E-state index in [4.69, 9.17) is 16.3 Å². The van der Waals surface area contributed by atoms with Crippen LogP contribution in [-0.2, 0) is 14.8 Å². The lowest BCUT2D eigenvalue weighted by atomic mass is 10.4. The maximum Gasteiger partial charge on any atom is 0.250 e. The molecule has 0 radical (unpaired) electrons. The Morgan fingerprint density at radius 2 is 2.29 bits per heavy atom. The van der Waals surface area contributed by atoms with Crippen LogP contribution in [-0.4, -0.2) is 34.1 Å². The lowest BCUT2D eigenvalue weighted by Crippen LogP contribution is -2.31. The molecular formula is C9H13BrClNO3S2. The molecule has 0 aliphatic rings. The minimum absolute atomic E-state index is 0.145. The summed E-state index contributed by atoms with van der Waals surface area (Å²) in [5.74, 6) is 0. The summed E-state index contributed by atoms with van der Waals surface area (Å²) in [6, 6.07) is 1.62. The van der Waals surface area contributed by atoms with Crippen LogP contribution in [0.25, 0.3) is 0 Å². The Morgan fingerprint density at radius 3 is 2.76 bits per heavy atom. The van der Waals surface area contributed by atoms with E-state index >= 15 is 0 Å². The maximum absolute atomic E-state index is 11.9. The van der Waals surface area contributed by atoms with Crippen LogP contribution in [0.4, 0.5) is 0 Å². The lowest BCUT2D eigenvalue weighted by Gasteiger charge is -2.09. The molecular weight excluding hydrogens is 350 g/mol. The van der Waals surface area contributed by atoms with Gasteiger partial charge in [0.2, 0.25) is 10.0 Å². The Bertz CT molecular complexity index is 455. The smallest absolute Gasteiger partial charge is 0.250 e. The first-order valence-corrected chi connectivity index (χ1v) is 8.28. The molecule has 1 unspecified atom stereocenters. The van der Waals surface area contributed by atoms with Gasteiger partial charge in [0.05, 0.1) is 15.8 Å². The highest BCUT2D eigenvalue weighted by Gasteiger charge is 2.19. The van der Waals surface area contributed by atoms with Crippen LogP contribution in [0, 0.1) is 6.92 Å². The van der Waals surface area contributed by atoms with Gasteiger partial charge < -0.3 is 4.74 Å². The number of sulfonamides is 1. The molecule has 0 aliphatic carbocycles. The highest BCUT2D eigenvalue weighted by atomic mass is 79.9. The third kappa shape index (κ3) is 4.50. The predicted octanol–water partition coefficient (Wildman–Crippen LogP) is 2.35. The third-order valence-electron chi connectivity index (χ3n) is 1.94. The minimum Gasteiger partial charge on any atom is -0.383 e. The number of hydrogen-bond donors (Lipinski definition) is 1. The van der Waals surface area contributed by atoms with Crippen LogP contribution in [0.1, 0.15) is 5.56 Å². The van der Waals surface area contributed by atoms with E-state index in [1.165, 1.54) is 18.4 Å². The van der Waals surface area contributed by atoms with Crippen molar-refractivity contribution in [3.63, 3.8) is 0 Å². The number of rotatable bonds is 6. The number of thiophene rings is 1. The van der Waals surface area contributed by atoms with Gasteiger partial charge in [0, 0.05) is 13.7 Å². The molecule has 0 saturated heterocycles. The molecule has 0 bridgehead atoms. The topological polar surface area (TPSA) is 55.4 Å². The van der Waals surface area contributed by atoms with Gasteiger partial charge >= 0.3 is 0 Å². The summed E-state index contributed by atoms with van der Waals surface area (Å²) in [6.07, 6.45) is 0. The van der Waals surface area contributed by atoms with E-state index in [2.05, 4.69) is 20.7 Å². The molecule has 0 amide bonds. The van der Waals surface area contributed by atoms with Gasteiger partial charge in [-0.25, -0.2) is 13.1 Å². The van der Waals surface area contributed by atoms with E-state index in [0.29, 0.717) is 6.61 Å². The zero-order chi connectivity index (χ0) is 13.1. The van der Waals surface area contributed by atoms with Crippen LogP contribution >= 0.6 is 38.9 Å². The van der Waals surface area contributed by atoms with Gasteiger partial charge in [-0.05, 0) is 34.5 Å². The number of nitrogens with one attached hydrogen (secondary N) is 1. The summed E-state index contributed by atoms with van der Waals surface area (Å²) >= 11 is 10.3. The van der Waals surface area contributed by atoms with Crippen LogP contribution in [0.15, 0.2) is 14.1 Å². The molecule has 1 rings (SSSR count). The van der Waals surface area contributed by atoms with Crippen molar-refractivity contribution in [1.82, 2.24) is 4.72 Å². The molecule has 0 spiro atoms. The molecule has 1 atom stereocenters. The quantitative estimate of drug-likeness (QED) is 0.790. The highest BCUT2D eigenvalue weighted by Crippen LogP contribution is 2.30. The Balaban J connectivity index is 2.69. The largest absolute Gasteiger partial charge is 0.383 e. The van der Waals surface area contributed by atoms with Crippen molar-refractivity contribution in [3.05, 3.63) is 15.4 Å². The van der Waals surface area contributed by atoms with Crippen LogP contribution in [0.2, 0.25) is 0 Å². The maximum atomic E-state index is 11.9. The molecule has 8 heteroatoms. The summed E-state index contributed by atoms with van der Waals surface area (Å²) in [7, 11) is -1.96. The highest BCUT2D eigenvalue weighted by molar-refractivity contribution is 9.11. The Kier molecular flexibility index (Phi) is 5.88. The van der Waals surface area contributed by atoms with Gasteiger partial charge in [-0.15, -0.1) is 22.9 Å². The molecule has 0 aliphatic heterocycles. The van der Waals surface area contributed by atoms with Crippen molar-refractivity contribution in [2.45, 2.75) is 16.5 Å². The van der Waals surface area contributed by atoms with Gasteiger partial charge in [-0.3, -0.25) is 0 Å². The molecule has 0 aromatic carbocycles. The van der Waals surface area contributed by atoms with Crippen molar-refractivity contribution in [2.24, 2.45) is 0 Å². The molecule has 1 aromatic rings. The summed E-state index contributed by atoms with van der Waals surface area (Å²) < 4.78 is 32.1. The van der Waals surface area contributed by atoms with Gasteiger partial charge in [0.25, 0.3) is 0 Å². The lowest BCUT2D eigenvalue weighted by molar-refractivity contribution is 0.198. The van der Waals surface area contributed by atoms with Gasteiger partial charge in [0.15, 0.2) is 0 Å². The Morgan fingerprint density at radius 1 is 1.65 bits per heavy atom. The van der Waals surface area contributed by atoms with Crippen LogP contribution in [0.5, 0.6) is 0 Å². The second-order valence-electron chi connectivity index (χ2n) is 3.43. The van der Waals surface area contributed by atoms with Crippen molar-refractivity contribution >= 4 is 48.9 Å². The number of ether oxygens (including phenoxy) is 1. The number of halogens is 2. The minimum atomic E-state index is -3.48. The molecule has 1 N–H and O–H groups in total. The van der Waals surface area contributed by atoms with Crippen LogP contribution < -0.4 is 4.72 Å². The standard InChI is InChI=1S/C9H13BrClNO3S2/c1-6-3-8(16-9(6)10)17(13,14)12-4-7(11)5-15-2/h3,7,12H,4-5H2,1-2H3. The first-order chi connectivity index (χ1) is 7.86. The SMILES string of the molecule is COCC(Cl)CNS(=O)(=O)c1cc(C)c(Br)s1. The van der Waals surface area contributed by atoms with Crippen molar-refractivity contribution in [2.75, 3.05) is 20.3 Å². The molecule has 1 aromatic heterocycles. The fourth-order valence-electron chi connectivity index (χ4n) is 1.08. The zero-order valence-electron chi connectivity index (χ0n) is 9.37. The van der Waals surface area contributed by atoms with Gasteiger partial charge in [-0.2, -0.15) is 0 Å². The summed E-state index contributed by atoms with van der Waals surface area (Å²) in [6.45, 7) is 2.29. The van der Waals surface area contributed by atoms with E-state index in [1.807, 2.05) is 6.92 Å². The van der Waals surface area contributed by atoms with Crippen molar-refractivity contribution in [3.8, 4) is 0 Å². The number of methoxy groups -OCH3 is 1. The van der Waals surface area contributed by atoms with E-state index in [1.54, 1.807) is 6.07 Å². The molecule has 0 fully saturated rings. The second kappa shape index (κ2) is 6.49. The van der Waals surface area contributed by atoms with Crippen molar-refractivity contribution in [1.29, 1.82) is 0 Å². The molecule has 1 heterocycles. The average molecular weight is 363 g/mol. The summed E-state index contributed by atoms with van der Waals surface area (Å²) in [5, 5.41) is -0.376. The number of alkyl halides is 1. The number of hydrogen-bond acceptors (Lipinski definition) is 4. The molecule has 0 saturated carbocycles. The fourth-order valence-corrected chi connectivity index (χ4v) is 4.72. The van der Waals surface area contributed by atoms with E-state index < -0.39 is 10.0 Å². The van der Waals surface area contributed by atoms with E-state index in [-0.39, 0.29) is 16.1 Å². The Labute approximate surface area is 118 Å². The van der Waals surface area contributed by atoms with Gasteiger partial charge in [-0.1, -0.05) is 0 Å². The average Bonchev–Trinajstić information content (AvgIpc) is 2.58. The first kappa shape index (κ1) is 15.4.